The zero-order valence-electron chi connectivity index (χ0n) is 13.8. The lowest BCUT2D eigenvalue weighted by Gasteiger charge is -2.22. The second-order valence-corrected chi connectivity index (χ2v) is 5.70. The van der Waals surface area contributed by atoms with Crippen molar-refractivity contribution in [3.63, 3.8) is 0 Å². The Morgan fingerprint density at radius 3 is 2.72 bits per heavy atom. The van der Waals surface area contributed by atoms with Crippen LogP contribution < -0.4 is 0 Å². The van der Waals surface area contributed by atoms with E-state index in [1.165, 1.54) is 0 Å². The van der Waals surface area contributed by atoms with Gasteiger partial charge in [-0.3, -0.25) is 9.80 Å². The molecule has 2 aromatic carbocycles. The third-order valence-corrected chi connectivity index (χ3v) is 4.02. The molecule has 0 radical (unpaired) electrons. The van der Waals surface area contributed by atoms with E-state index in [1.807, 2.05) is 30.3 Å². The molecule has 6 heteroatoms. The van der Waals surface area contributed by atoms with Crippen LogP contribution in [0.25, 0.3) is 0 Å². The smallest absolute Gasteiger partial charge is 0.327 e. The molecule has 1 aliphatic rings. The van der Waals surface area contributed by atoms with Gasteiger partial charge in [0.05, 0.1) is 18.4 Å². The van der Waals surface area contributed by atoms with Crippen LogP contribution in [-0.4, -0.2) is 29.8 Å². The van der Waals surface area contributed by atoms with Crippen LogP contribution in [0, 0.1) is 11.6 Å². The van der Waals surface area contributed by atoms with Gasteiger partial charge in [-0.25, -0.2) is 8.78 Å². The number of halogens is 2. The van der Waals surface area contributed by atoms with E-state index in [4.69, 9.17) is 4.74 Å². The number of rotatable bonds is 5. The molecule has 4 nitrogen and oxygen atoms in total. The fraction of sp³-hybridized carbons (Fsp3) is 0.263. The predicted molar refractivity (Wildman–Crippen MR) is 90.0 cm³/mol. The fourth-order valence-electron chi connectivity index (χ4n) is 2.89. The SMILES string of the molecule is CCOC(=O)CN1N=C(c2cc(F)ccc2F)CC1c1ccccc1. The fourth-order valence-corrected chi connectivity index (χ4v) is 2.89. The van der Waals surface area contributed by atoms with Gasteiger partial charge in [0.2, 0.25) is 0 Å². The van der Waals surface area contributed by atoms with E-state index in [0.717, 1.165) is 23.8 Å². The Kier molecular flexibility index (Phi) is 5.07. The van der Waals surface area contributed by atoms with E-state index in [1.54, 1.807) is 11.9 Å². The molecule has 1 atom stereocenters. The van der Waals surface area contributed by atoms with Crippen LogP contribution in [0.4, 0.5) is 8.78 Å². The summed E-state index contributed by atoms with van der Waals surface area (Å²) in [6.07, 6.45) is 0.379. The monoisotopic (exact) mass is 344 g/mol. The van der Waals surface area contributed by atoms with Crippen LogP contribution in [0.5, 0.6) is 0 Å². The summed E-state index contributed by atoms with van der Waals surface area (Å²) in [6.45, 7) is 1.96. The van der Waals surface area contributed by atoms with Gasteiger partial charge in [0, 0.05) is 12.0 Å². The Morgan fingerprint density at radius 1 is 1.24 bits per heavy atom. The van der Waals surface area contributed by atoms with Crippen LogP contribution in [0.15, 0.2) is 53.6 Å². The summed E-state index contributed by atoms with van der Waals surface area (Å²) in [7, 11) is 0. The van der Waals surface area contributed by atoms with E-state index in [9.17, 15) is 13.6 Å². The molecule has 0 bridgehead atoms. The maximum absolute atomic E-state index is 14.1. The number of benzene rings is 2. The van der Waals surface area contributed by atoms with E-state index in [-0.39, 0.29) is 24.8 Å². The topological polar surface area (TPSA) is 41.9 Å². The highest BCUT2D eigenvalue weighted by Crippen LogP contribution is 2.33. The molecule has 0 saturated carbocycles. The van der Waals surface area contributed by atoms with Crippen molar-refractivity contribution in [1.29, 1.82) is 0 Å². The summed E-state index contributed by atoms with van der Waals surface area (Å²) in [5.41, 5.74) is 1.48. The summed E-state index contributed by atoms with van der Waals surface area (Å²) < 4.78 is 32.6. The maximum Gasteiger partial charge on any atom is 0.327 e. The molecule has 25 heavy (non-hydrogen) atoms. The minimum absolute atomic E-state index is 0.0478. The van der Waals surface area contributed by atoms with Gasteiger partial charge >= 0.3 is 5.97 Å². The van der Waals surface area contributed by atoms with Crippen molar-refractivity contribution in [2.24, 2.45) is 5.10 Å². The highest BCUT2D eigenvalue weighted by Gasteiger charge is 2.31. The molecule has 0 amide bonds. The average molecular weight is 344 g/mol. The van der Waals surface area contributed by atoms with Crippen molar-refractivity contribution in [3.05, 3.63) is 71.3 Å². The molecule has 2 aromatic rings. The summed E-state index contributed by atoms with van der Waals surface area (Å²) >= 11 is 0. The summed E-state index contributed by atoms with van der Waals surface area (Å²) in [5, 5.41) is 5.96. The Labute approximate surface area is 144 Å². The van der Waals surface area contributed by atoms with Crippen molar-refractivity contribution >= 4 is 11.7 Å². The molecule has 3 rings (SSSR count). The highest BCUT2D eigenvalue weighted by molar-refractivity contribution is 6.02. The first-order valence-electron chi connectivity index (χ1n) is 8.08. The second-order valence-electron chi connectivity index (χ2n) is 5.70. The van der Waals surface area contributed by atoms with Crippen molar-refractivity contribution in [2.45, 2.75) is 19.4 Å². The molecule has 0 fully saturated rings. The van der Waals surface area contributed by atoms with Crippen LogP contribution in [-0.2, 0) is 9.53 Å². The third kappa shape index (κ3) is 3.84. The molecule has 1 unspecified atom stereocenters. The minimum Gasteiger partial charge on any atom is -0.465 e. The number of carbonyl (C=O) groups is 1. The summed E-state index contributed by atoms with van der Waals surface area (Å²) in [5.74, 6) is -1.47. The second kappa shape index (κ2) is 7.42. The van der Waals surface area contributed by atoms with Crippen molar-refractivity contribution in [3.8, 4) is 0 Å². The number of hydrogen-bond donors (Lipinski definition) is 0. The number of nitrogens with zero attached hydrogens (tertiary/aromatic N) is 2. The largest absolute Gasteiger partial charge is 0.465 e. The zero-order valence-corrected chi connectivity index (χ0v) is 13.8. The molecule has 1 aliphatic heterocycles. The minimum atomic E-state index is -0.537. The zero-order chi connectivity index (χ0) is 17.8. The van der Waals surface area contributed by atoms with E-state index in [2.05, 4.69) is 5.10 Å². The number of esters is 1. The van der Waals surface area contributed by atoms with Crippen molar-refractivity contribution in [2.75, 3.05) is 13.2 Å². The van der Waals surface area contributed by atoms with Gasteiger partial charge in [-0.1, -0.05) is 30.3 Å². The quantitative estimate of drug-likeness (QED) is 0.777. The molecule has 0 aromatic heterocycles. The Bertz CT molecular complexity index is 793. The van der Waals surface area contributed by atoms with Gasteiger partial charge in [0.25, 0.3) is 0 Å². The van der Waals surface area contributed by atoms with Gasteiger partial charge in [0.1, 0.15) is 18.2 Å². The van der Waals surface area contributed by atoms with Crippen molar-refractivity contribution in [1.82, 2.24) is 5.01 Å². The molecule has 0 spiro atoms. The van der Waals surface area contributed by atoms with Gasteiger partial charge < -0.3 is 4.74 Å². The highest BCUT2D eigenvalue weighted by atomic mass is 19.1. The first-order valence-corrected chi connectivity index (χ1v) is 8.08. The van der Waals surface area contributed by atoms with E-state index >= 15 is 0 Å². The van der Waals surface area contributed by atoms with Gasteiger partial charge in [0.15, 0.2) is 0 Å². The first kappa shape index (κ1) is 17.1. The van der Waals surface area contributed by atoms with E-state index in [0.29, 0.717) is 12.1 Å². The molecule has 0 N–H and O–H groups in total. The molecule has 0 aliphatic carbocycles. The number of hydrazone groups is 1. The summed E-state index contributed by atoms with van der Waals surface area (Å²) in [4.78, 5) is 11.9. The molecule has 1 heterocycles. The van der Waals surface area contributed by atoms with Gasteiger partial charge in [-0.2, -0.15) is 5.10 Å². The molecular weight excluding hydrogens is 326 g/mol. The standard InChI is InChI=1S/C19H18F2N2O2/c1-2-25-19(24)12-23-18(13-6-4-3-5-7-13)11-17(22-23)15-10-14(20)8-9-16(15)21/h3-10,18H,2,11-12H2,1H3. The summed E-state index contributed by atoms with van der Waals surface area (Å²) in [6, 6.07) is 12.6. The van der Waals surface area contributed by atoms with Gasteiger partial charge in [-0.15, -0.1) is 0 Å². The number of ether oxygens (including phenoxy) is 1. The Balaban J connectivity index is 1.92. The van der Waals surface area contributed by atoms with E-state index < -0.39 is 17.6 Å². The van der Waals surface area contributed by atoms with Crippen LogP contribution in [0.1, 0.15) is 30.5 Å². The van der Waals surface area contributed by atoms with Crippen molar-refractivity contribution < 1.29 is 18.3 Å². The first-order chi connectivity index (χ1) is 12.1. The molecular formula is C19H18F2N2O2. The predicted octanol–water partition coefficient (Wildman–Crippen LogP) is 3.68. The number of carbonyl (C=O) groups excluding carboxylic acids is 1. The lowest BCUT2D eigenvalue weighted by Crippen LogP contribution is -2.27. The Hall–Kier alpha value is -2.76. The number of hydrogen-bond acceptors (Lipinski definition) is 4. The van der Waals surface area contributed by atoms with Crippen LogP contribution in [0.3, 0.4) is 0 Å². The van der Waals surface area contributed by atoms with Crippen LogP contribution >= 0.6 is 0 Å². The third-order valence-electron chi connectivity index (χ3n) is 4.02. The normalized spacial score (nSPS) is 16.7. The molecule has 0 saturated heterocycles. The molecule has 130 valence electrons. The lowest BCUT2D eigenvalue weighted by molar-refractivity contribution is -0.144. The average Bonchev–Trinajstić information content (AvgIpc) is 3.01. The van der Waals surface area contributed by atoms with Gasteiger partial charge in [-0.05, 0) is 30.7 Å². The maximum atomic E-state index is 14.1. The Morgan fingerprint density at radius 2 is 2.00 bits per heavy atom. The van der Waals surface area contributed by atoms with Crippen LogP contribution in [0.2, 0.25) is 0 Å². The lowest BCUT2D eigenvalue weighted by atomic mass is 9.98.